The van der Waals surface area contributed by atoms with Gasteiger partial charge in [0, 0.05) is 12.5 Å². The number of nitriles is 1. The van der Waals surface area contributed by atoms with Crippen LogP contribution in [0.3, 0.4) is 0 Å². The monoisotopic (exact) mass is 246 g/mol. The predicted molar refractivity (Wildman–Crippen MR) is 68.7 cm³/mol. The third-order valence-corrected chi connectivity index (χ3v) is 3.51. The van der Waals surface area contributed by atoms with Crippen molar-refractivity contribution < 1.29 is 9.47 Å². The first-order valence-electron chi connectivity index (χ1n) is 6.12. The maximum Gasteiger partial charge on any atom is 0.123 e. The van der Waals surface area contributed by atoms with Gasteiger partial charge in [0.25, 0.3) is 0 Å². The average molecular weight is 246 g/mol. The van der Waals surface area contributed by atoms with Crippen LogP contribution in [0.1, 0.15) is 19.3 Å². The van der Waals surface area contributed by atoms with E-state index in [0.29, 0.717) is 0 Å². The Labute approximate surface area is 108 Å². The minimum Gasteiger partial charge on any atom is -0.497 e. The number of ether oxygens (including phenoxy) is 2. The summed E-state index contributed by atoms with van der Waals surface area (Å²) in [5.41, 5.74) is -0.427. The Bertz CT molecular complexity index is 455. The quantitative estimate of drug-likeness (QED) is 0.884. The topological polar surface area (TPSA) is 54.3 Å². The lowest BCUT2D eigenvalue weighted by molar-refractivity contribution is 0.201. The van der Waals surface area contributed by atoms with Crippen molar-refractivity contribution in [2.75, 3.05) is 14.2 Å². The smallest absolute Gasteiger partial charge is 0.123 e. The summed E-state index contributed by atoms with van der Waals surface area (Å²) in [4.78, 5) is 0. The molecule has 2 atom stereocenters. The normalized spacial score (nSPS) is 26.6. The van der Waals surface area contributed by atoms with Gasteiger partial charge in [-0.15, -0.1) is 0 Å². The zero-order valence-electron chi connectivity index (χ0n) is 10.8. The molecule has 0 aromatic heterocycles. The molecule has 96 valence electrons. The van der Waals surface area contributed by atoms with E-state index < -0.39 is 5.54 Å². The van der Waals surface area contributed by atoms with Gasteiger partial charge in [0.15, 0.2) is 0 Å². The van der Waals surface area contributed by atoms with Crippen molar-refractivity contribution in [3.05, 3.63) is 24.3 Å². The van der Waals surface area contributed by atoms with Gasteiger partial charge in [-0.25, -0.2) is 0 Å². The molecule has 0 amide bonds. The molecule has 1 aliphatic carbocycles. The summed E-state index contributed by atoms with van der Waals surface area (Å²) in [5, 5.41) is 12.3. The molecule has 1 aromatic rings. The van der Waals surface area contributed by atoms with Crippen molar-refractivity contribution in [1.82, 2.24) is 5.32 Å². The van der Waals surface area contributed by atoms with Gasteiger partial charge in [-0.1, -0.05) is 6.07 Å². The Kier molecular flexibility index (Phi) is 3.73. The standard InChI is InChI=1S/C14H18N2O2/c1-16-14(10-15)7-6-13(9-14)18-12-5-3-4-11(8-12)17-2/h3-5,8,13,16H,6-7,9H2,1-2H3. The van der Waals surface area contributed by atoms with Crippen LogP contribution in [0.25, 0.3) is 0 Å². The molecule has 1 N–H and O–H groups in total. The van der Waals surface area contributed by atoms with Gasteiger partial charge >= 0.3 is 0 Å². The van der Waals surface area contributed by atoms with Crippen LogP contribution in [0, 0.1) is 11.3 Å². The van der Waals surface area contributed by atoms with Crippen LogP contribution in [0.15, 0.2) is 24.3 Å². The van der Waals surface area contributed by atoms with E-state index in [-0.39, 0.29) is 6.10 Å². The fourth-order valence-corrected chi connectivity index (χ4v) is 2.35. The highest BCUT2D eigenvalue weighted by atomic mass is 16.5. The third kappa shape index (κ3) is 2.57. The van der Waals surface area contributed by atoms with E-state index >= 15 is 0 Å². The van der Waals surface area contributed by atoms with E-state index in [0.717, 1.165) is 30.8 Å². The van der Waals surface area contributed by atoms with Gasteiger partial charge in [-0.2, -0.15) is 5.26 Å². The Balaban J connectivity index is 2.01. The summed E-state index contributed by atoms with van der Waals surface area (Å²) >= 11 is 0. The molecule has 0 bridgehead atoms. The Morgan fingerprint density at radius 3 is 2.83 bits per heavy atom. The molecule has 2 rings (SSSR count). The first-order valence-corrected chi connectivity index (χ1v) is 6.12. The number of methoxy groups -OCH3 is 1. The van der Waals surface area contributed by atoms with Crippen LogP contribution in [0.5, 0.6) is 11.5 Å². The van der Waals surface area contributed by atoms with Crippen molar-refractivity contribution >= 4 is 0 Å². The van der Waals surface area contributed by atoms with Crippen molar-refractivity contribution in [3.63, 3.8) is 0 Å². The molecule has 0 radical (unpaired) electrons. The first-order chi connectivity index (χ1) is 8.71. The van der Waals surface area contributed by atoms with Crippen molar-refractivity contribution in [2.45, 2.75) is 30.9 Å². The molecule has 0 aliphatic heterocycles. The lowest BCUT2D eigenvalue weighted by atomic mass is 10.0. The average Bonchev–Trinajstić information content (AvgIpc) is 2.83. The highest BCUT2D eigenvalue weighted by Crippen LogP contribution is 2.32. The molecule has 2 unspecified atom stereocenters. The summed E-state index contributed by atoms with van der Waals surface area (Å²) < 4.78 is 11.1. The minimum absolute atomic E-state index is 0.0872. The summed E-state index contributed by atoms with van der Waals surface area (Å²) in [6.45, 7) is 0. The minimum atomic E-state index is -0.427. The maximum atomic E-state index is 9.19. The van der Waals surface area contributed by atoms with Crippen molar-refractivity contribution in [3.8, 4) is 17.6 Å². The second kappa shape index (κ2) is 5.28. The van der Waals surface area contributed by atoms with E-state index in [9.17, 15) is 5.26 Å². The number of nitrogens with zero attached hydrogens (tertiary/aromatic N) is 1. The van der Waals surface area contributed by atoms with Crippen LogP contribution >= 0.6 is 0 Å². The van der Waals surface area contributed by atoms with Crippen LogP contribution in [0.2, 0.25) is 0 Å². The van der Waals surface area contributed by atoms with Crippen molar-refractivity contribution in [1.29, 1.82) is 5.26 Å². The zero-order valence-corrected chi connectivity index (χ0v) is 10.8. The largest absolute Gasteiger partial charge is 0.497 e. The predicted octanol–water partition coefficient (Wildman–Crippen LogP) is 2.11. The summed E-state index contributed by atoms with van der Waals surface area (Å²) in [7, 11) is 3.47. The highest BCUT2D eigenvalue weighted by Gasteiger charge is 2.39. The van der Waals surface area contributed by atoms with Crippen LogP contribution in [-0.2, 0) is 0 Å². The maximum absolute atomic E-state index is 9.19. The second-order valence-electron chi connectivity index (χ2n) is 4.61. The molecule has 1 fully saturated rings. The lowest BCUT2D eigenvalue weighted by Gasteiger charge is -2.20. The van der Waals surface area contributed by atoms with E-state index in [4.69, 9.17) is 9.47 Å². The summed E-state index contributed by atoms with van der Waals surface area (Å²) in [5.74, 6) is 1.58. The number of nitrogens with one attached hydrogen (secondary N) is 1. The van der Waals surface area contributed by atoms with E-state index in [1.165, 1.54) is 0 Å². The molecule has 0 saturated heterocycles. The van der Waals surface area contributed by atoms with Gasteiger partial charge in [-0.3, -0.25) is 0 Å². The fourth-order valence-electron chi connectivity index (χ4n) is 2.35. The molecular weight excluding hydrogens is 228 g/mol. The molecular formula is C14H18N2O2. The van der Waals surface area contributed by atoms with Gasteiger partial charge in [0.2, 0.25) is 0 Å². The molecule has 1 aliphatic rings. The third-order valence-electron chi connectivity index (χ3n) is 3.51. The van der Waals surface area contributed by atoms with Gasteiger partial charge in [0.05, 0.1) is 13.2 Å². The van der Waals surface area contributed by atoms with E-state index in [1.54, 1.807) is 7.11 Å². The van der Waals surface area contributed by atoms with Gasteiger partial charge < -0.3 is 14.8 Å². The highest BCUT2D eigenvalue weighted by molar-refractivity contribution is 5.33. The van der Waals surface area contributed by atoms with Gasteiger partial charge in [-0.05, 0) is 32.0 Å². The fraction of sp³-hybridized carbons (Fsp3) is 0.500. The molecule has 18 heavy (non-hydrogen) atoms. The Morgan fingerprint density at radius 1 is 1.44 bits per heavy atom. The zero-order chi connectivity index (χ0) is 13.0. The first kappa shape index (κ1) is 12.7. The number of rotatable bonds is 4. The van der Waals surface area contributed by atoms with Gasteiger partial charge in [0.1, 0.15) is 23.1 Å². The molecule has 4 nitrogen and oxygen atoms in total. The molecule has 4 heteroatoms. The SMILES string of the molecule is CNC1(C#N)CCC(Oc2cccc(OC)c2)C1. The van der Waals surface area contributed by atoms with Crippen LogP contribution < -0.4 is 14.8 Å². The number of hydrogen-bond acceptors (Lipinski definition) is 4. The van der Waals surface area contributed by atoms with Crippen molar-refractivity contribution in [2.24, 2.45) is 0 Å². The molecule has 0 heterocycles. The van der Waals surface area contributed by atoms with E-state index in [2.05, 4.69) is 11.4 Å². The van der Waals surface area contributed by atoms with E-state index in [1.807, 2.05) is 31.3 Å². The van der Waals surface area contributed by atoms with Crippen LogP contribution in [-0.4, -0.2) is 25.8 Å². The number of benzene rings is 1. The molecule has 1 aromatic carbocycles. The number of hydrogen-bond donors (Lipinski definition) is 1. The molecule has 1 saturated carbocycles. The summed E-state index contributed by atoms with van der Waals surface area (Å²) in [6.07, 6.45) is 2.53. The van der Waals surface area contributed by atoms with Crippen LogP contribution in [0.4, 0.5) is 0 Å². The molecule has 0 spiro atoms. The second-order valence-corrected chi connectivity index (χ2v) is 4.61. The Morgan fingerprint density at radius 2 is 2.22 bits per heavy atom. The summed E-state index contributed by atoms with van der Waals surface area (Å²) in [6, 6.07) is 9.91. The lowest BCUT2D eigenvalue weighted by Crippen LogP contribution is -2.39. The Hall–Kier alpha value is -1.73.